The maximum absolute atomic E-state index is 5.64. The van der Waals surface area contributed by atoms with Gasteiger partial charge in [0, 0.05) is 39.6 Å². The lowest BCUT2D eigenvalue weighted by Gasteiger charge is -2.39. The molecule has 5 heterocycles. The third-order valence-electron chi connectivity index (χ3n) is 7.44. The lowest BCUT2D eigenvalue weighted by atomic mass is 9.90. The van der Waals surface area contributed by atoms with E-state index in [2.05, 4.69) is 52.8 Å². The molecule has 190 valence electrons. The summed E-state index contributed by atoms with van der Waals surface area (Å²) in [5, 5.41) is 0. The van der Waals surface area contributed by atoms with Crippen LogP contribution in [0.1, 0.15) is 38.8 Å². The molecule has 2 fully saturated rings. The molecule has 9 heteroatoms. The van der Waals surface area contributed by atoms with Gasteiger partial charge in [0.25, 0.3) is 0 Å². The molecule has 0 radical (unpaired) electrons. The maximum Gasteiger partial charge on any atom is 0.239 e. The largest absolute Gasteiger partial charge is 0.378 e. The molecule has 0 aliphatic carbocycles. The van der Waals surface area contributed by atoms with E-state index in [1.807, 2.05) is 18.2 Å². The van der Waals surface area contributed by atoms with Crippen molar-refractivity contribution in [3.05, 3.63) is 35.9 Å². The fraction of sp³-hybridized carbons (Fsp3) is 0.556. The number of aromatic nitrogens is 6. The molecule has 0 amide bonds. The van der Waals surface area contributed by atoms with E-state index < -0.39 is 0 Å². The second-order valence-electron chi connectivity index (χ2n) is 10.6. The lowest BCUT2D eigenvalue weighted by Crippen LogP contribution is -2.46. The Morgan fingerprint density at radius 1 is 1.00 bits per heavy atom. The molecule has 9 nitrogen and oxygen atoms in total. The zero-order valence-corrected chi connectivity index (χ0v) is 21.8. The van der Waals surface area contributed by atoms with Gasteiger partial charge in [-0.3, -0.25) is 9.47 Å². The number of hydrogen-bond acceptors (Lipinski definition) is 7. The maximum atomic E-state index is 5.64. The number of nitrogens with zero attached hydrogens (tertiary/aromatic N) is 8. The second-order valence-corrected chi connectivity index (χ2v) is 10.6. The summed E-state index contributed by atoms with van der Waals surface area (Å²) in [4.78, 5) is 25.0. The predicted octanol–water partition coefficient (Wildman–Crippen LogP) is 3.58. The van der Waals surface area contributed by atoms with Crippen LogP contribution in [0.4, 0.5) is 5.82 Å². The molecule has 0 atom stereocenters. The van der Waals surface area contributed by atoms with Crippen LogP contribution in [0.25, 0.3) is 28.1 Å². The molecule has 0 saturated carbocycles. The van der Waals surface area contributed by atoms with Crippen molar-refractivity contribution in [2.24, 2.45) is 18.9 Å². The van der Waals surface area contributed by atoms with Gasteiger partial charge >= 0.3 is 0 Å². The standard InChI is InChI=1S/C27H36N8O/c1-5-22-28-20-8-6-7-9-21(20)35(22)27-30-25-24(26(31-27)34-10-12-36-13-11-34)29-23(32(25)4)17-33-15-19(16-33)14-18(2)3/h6-9,18-19H,5,10-17H2,1-4H3. The number of imidazole rings is 2. The van der Waals surface area contributed by atoms with Crippen LogP contribution >= 0.6 is 0 Å². The number of rotatable bonds is 7. The fourth-order valence-electron chi connectivity index (χ4n) is 5.68. The molecule has 2 aliphatic heterocycles. The number of anilines is 1. The molecule has 6 rings (SSSR count). The summed E-state index contributed by atoms with van der Waals surface area (Å²) in [6.45, 7) is 12.9. The average Bonchev–Trinajstić information content (AvgIpc) is 3.40. The number of hydrogen-bond donors (Lipinski definition) is 0. The molecular formula is C27H36N8O. The number of morpholine rings is 1. The Morgan fingerprint density at radius 3 is 2.53 bits per heavy atom. The summed E-state index contributed by atoms with van der Waals surface area (Å²) in [5.41, 5.74) is 3.74. The molecule has 36 heavy (non-hydrogen) atoms. The van der Waals surface area contributed by atoms with Crippen molar-refractivity contribution < 1.29 is 4.74 Å². The first-order valence-electron chi connectivity index (χ1n) is 13.3. The van der Waals surface area contributed by atoms with Gasteiger partial charge in [-0.2, -0.15) is 9.97 Å². The molecular weight excluding hydrogens is 452 g/mol. The predicted molar refractivity (Wildman–Crippen MR) is 142 cm³/mol. The zero-order valence-electron chi connectivity index (χ0n) is 21.8. The third kappa shape index (κ3) is 4.14. The van der Waals surface area contributed by atoms with Crippen LogP contribution in [0.3, 0.4) is 0 Å². The Morgan fingerprint density at radius 2 is 1.78 bits per heavy atom. The Bertz CT molecular complexity index is 1380. The van der Waals surface area contributed by atoms with Gasteiger partial charge in [0.15, 0.2) is 17.0 Å². The molecule has 4 aromatic rings. The van der Waals surface area contributed by atoms with Crippen LogP contribution in [0.2, 0.25) is 0 Å². The highest BCUT2D eigenvalue weighted by molar-refractivity contribution is 5.86. The van der Waals surface area contributed by atoms with E-state index in [1.54, 1.807) is 0 Å². The van der Waals surface area contributed by atoms with Crippen molar-refractivity contribution in [3.63, 3.8) is 0 Å². The number of benzene rings is 1. The summed E-state index contributed by atoms with van der Waals surface area (Å²) in [5.74, 6) is 5.11. The van der Waals surface area contributed by atoms with Crippen molar-refractivity contribution in [1.29, 1.82) is 0 Å². The number of aryl methyl sites for hydroxylation is 2. The molecule has 0 bridgehead atoms. The van der Waals surface area contributed by atoms with E-state index in [4.69, 9.17) is 24.7 Å². The highest BCUT2D eigenvalue weighted by atomic mass is 16.5. The molecule has 2 saturated heterocycles. The first kappa shape index (κ1) is 23.4. The van der Waals surface area contributed by atoms with Crippen LogP contribution in [-0.2, 0) is 24.8 Å². The summed E-state index contributed by atoms with van der Waals surface area (Å²) in [7, 11) is 2.09. The molecule has 2 aliphatic rings. The number of fused-ring (bicyclic) bond motifs is 2. The zero-order chi connectivity index (χ0) is 24.8. The lowest BCUT2D eigenvalue weighted by molar-refractivity contribution is 0.0744. The van der Waals surface area contributed by atoms with Gasteiger partial charge in [-0.05, 0) is 30.4 Å². The van der Waals surface area contributed by atoms with E-state index in [9.17, 15) is 0 Å². The van der Waals surface area contributed by atoms with Crippen molar-refractivity contribution in [1.82, 2.24) is 34.0 Å². The van der Waals surface area contributed by atoms with Gasteiger partial charge in [0.05, 0.1) is 30.8 Å². The van der Waals surface area contributed by atoms with E-state index in [0.717, 1.165) is 90.6 Å². The quantitative estimate of drug-likeness (QED) is 0.394. The third-order valence-corrected chi connectivity index (χ3v) is 7.44. The minimum Gasteiger partial charge on any atom is -0.378 e. The SMILES string of the molecule is CCc1nc2ccccc2n1-c1nc(N2CCOCC2)c2nc(CN3CC(CC(C)C)C3)n(C)c2n1. The van der Waals surface area contributed by atoms with Crippen LogP contribution < -0.4 is 4.90 Å². The van der Waals surface area contributed by atoms with Crippen molar-refractivity contribution >= 4 is 28.0 Å². The first-order valence-corrected chi connectivity index (χ1v) is 13.3. The highest BCUT2D eigenvalue weighted by Gasteiger charge is 2.29. The minimum atomic E-state index is 0.657. The van der Waals surface area contributed by atoms with Crippen molar-refractivity contribution in [2.75, 3.05) is 44.3 Å². The molecule has 0 N–H and O–H groups in total. The summed E-state index contributed by atoms with van der Waals surface area (Å²) >= 11 is 0. The van der Waals surface area contributed by atoms with Gasteiger partial charge in [0.2, 0.25) is 5.95 Å². The molecule has 1 aromatic carbocycles. The molecule has 3 aromatic heterocycles. The smallest absolute Gasteiger partial charge is 0.239 e. The van der Waals surface area contributed by atoms with Crippen molar-refractivity contribution in [2.45, 2.75) is 40.2 Å². The summed E-state index contributed by atoms with van der Waals surface area (Å²) in [6, 6.07) is 8.21. The van der Waals surface area contributed by atoms with Crippen LogP contribution in [0.5, 0.6) is 0 Å². The topological polar surface area (TPSA) is 77.1 Å². The van der Waals surface area contributed by atoms with Gasteiger partial charge in [-0.25, -0.2) is 9.97 Å². The van der Waals surface area contributed by atoms with E-state index >= 15 is 0 Å². The normalized spacial score (nSPS) is 17.5. The van der Waals surface area contributed by atoms with Crippen LogP contribution in [-0.4, -0.2) is 73.4 Å². The minimum absolute atomic E-state index is 0.657. The second kappa shape index (κ2) is 9.44. The highest BCUT2D eigenvalue weighted by Crippen LogP contribution is 2.30. The molecule has 0 spiro atoms. The Balaban J connectivity index is 1.43. The number of para-hydroxylation sites is 2. The van der Waals surface area contributed by atoms with Gasteiger partial charge in [-0.15, -0.1) is 0 Å². The molecule has 0 unspecified atom stereocenters. The van der Waals surface area contributed by atoms with E-state index in [0.29, 0.717) is 19.2 Å². The van der Waals surface area contributed by atoms with E-state index in [1.165, 1.54) is 6.42 Å². The van der Waals surface area contributed by atoms with Crippen molar-refractivity contribution in [3.8, 4) is 5.95 Å². The van der Waals surface area contributed by atoms with Gasteiger partial charge < -0.3 is 14.2 Å². The number of likely N-dealkylation sites (tertiary alicyclic amines) is 1. The van der Waals surface area contributed by atoms with Crippen LogP contribution in [0, 0.1) is 11.8 Å². The Kier molecular flexibility index (Phi) is 6.13. The Labute approximate surface area is 212 Å². The summed E-state index contributed by atoms with van der Waals surface area (Å²) < 4.78 is 9.90. The van der Waals surface area contributed by atoms with E-state index in [-0.39, 0.29) is 0 Å². The van der Waals surface area contributed by atoms with Gasteiger partial charge in [0.1, 0.15) is 11.6 Å². The average molecular weight is 489 g/mol. The monoisotopic (exact) mass is 488 g/mol. The summed E-state index contributed by atoms with van der Waals surface area (Å²) in [6.07, 6.45) is 2.10. The fourth-order valence-corrected chi connectivity index (χ4v) is 5.68. The number of ether oxygens (including phenoxy) is 1. The Hall–Kier alpha value is -3.04. The van der Waals surface area contributed by atoms with Crippen LogP contribution in [0.15, 0.2) is 24.3 Å². The first-order chi connectivity index (χ1) is 17.5. The van der Waals surface area contributed by atoms with Gasteiger partial charge in [-0.1, -0.05) is 32.9 Å².